The van der Waals surface area contributed by atoms with Crippen LogP contribution in [0.5, 0.6) is 0 Å². The zero-order chi connectivity index (χ0) is 15.7. The van der Waals surface area contributed by atoms with Crippen LogP contribution >= 0.6 is 11.3 Å². The highest BCUT2D eigenvalue weighted by Gasteiger charge is 2.23. The number of thiazole rings is 1. The van der Waals surface area contributed by atoms with E-state index in [-0.39, 0.29) is 11.8 Å². The van der Waals surface area contributed by atoms with E-state index in [9.17, 15) is 9.59 Å². The zero-order valence-electron chi connectivity index (χ0n) is 12.4. The minimum Gasteiger partial charge on any atom is -0.465 e. The molecule has 5 heteroatoms. The third-order valence-electron chi connectivity index (χ3n) is 3.68. The molecule has 2 aromatic rings. The highest BCUT2D eigenvalue weighted by Crippen LogP contribution is 2.28. The number of ketones is 1. The molecule has 22 heavy (non-hydrogen) atoms. The van der Waals surface area contributed by atoms with Crippen LogP contribution in [0.4, 0.5) is 0 Å². The van der Waals surface area contributed by atoms with Gasteiger partial charge in [0.15, 0.2) is 5.78 Å². The molecular weight excluding hydrogens is 298 g/mol. The normalized spacial score (nSPS) is 15.7. The van der Waals surface area contributed by atoms with Crippen molar-refractivity contribution in [2.24, 2.45) is 0 Å². The van der Waals surface area contributed by atoms with Crippen LogP contribution in [-0.4, -0.2) is 23.8 Å². The SMILES string of the molecule is COC(=O)c1ccc2c(c1)CC/C(=C/c1cnc(C)s1)C2=O. The molecule has 0 saturated heterocycles. The Kier molecular flexibility index (Phi) is 3.90. The maximum Gasteiger partial charge on any atom is 0.337 e. The number of allylic oxidation sites excluding steroid dienone is 1. The lowest BCUT2D eigenvalue weighted by molar-refractivity contribution is 0.0600. The molecular formula is C17H15NO3S. The first-order valence-corrected chi connectivity index (χ1v) is 7.79. The van der Waals surface area contributed by atoms with Crippen LogP contribution in [0.25, 0.3) is 6.08 Å². The van der Waals surface area contributed by atoms with Gasteiger partial charge in [-0.25, -0.2) is 9.78 Å². The van der Waals surface area contributed by atoms with E-state index in [1.54, 1.807) is 35.7 Å². The number of nitrogens with zero attached hydrogens (tertiary/aromatic N) is 1. The molecule has 0 fully saturated rings. The van der Waals surface area contributed by atoms with Crippen molar-refractivity contribution in [3.05, 3.63) is 56.5 Å². The van der Waals surface area contributed by atoms with Gasteiger partial charge in [-0.15, -0.1) is 11.3 Å². The molecule has 112 valence electrons. The van der Waals surface area contributed by atoms with Crippen LogP contribution in [0.1, 0.15) is 42.6 Å². The molecule has 1 aromatic heterocycles. The van der Waals surface area contributed by atoms with Crippen molar-refractivity contribution in [1.82, 2.24) is 4.98 Å². The highest BCUT2D eigenvalue weighted by atomic mass is 32.1. The third-order valence-corrected chi connectivity index (χ3v) is 4.54. The van der Waals surface area contributed by atoms with E-state index in [1.165, 1.54) is 7.11 Å². The fourth-order valence-corrected chi connectivity index (χ4v) is 3.33. The third kappa shape index (κ3) is 2.72. The minimum absolute atomic E-state index is 0.0312. The maximum atomic E-state index is 12.6. The number of fused-ring (bicyclic) bond motifs is 1. The van der Waals surface area contributed by atoms with E-state index in [4.69, 9.17) is 4.74 Å². The Morgan fingerprint density at radius 2 is 2.18 bits per heavy atom. The molecule has 0 aliphatic heterocycles. The van der Waals surface area contributed by atoms with E-state index >= 15 is 0 Å². The molecule has 0 spiro atoms. The number of benzene rings is 1. The average Bonchev–Trinajstić information content (AvgIpc) is 2.94. The summed E-state index contributed by atoms with van der Waals surface area (Å²) in [5.74, 6) is -0.347. The number of rotatable bonds is 2. The lowest BCUT2D eigenvalue weighted by atomic mass is 9.85. The second-order valence-electron chi connectivity index (χ2n) is 5.14. The van der Waals surface area contributed by atoms with Gasteiger partial charge in [-0.3, -0.25) is 4.79 Å². The first-order chi connectivity index (χ1) is 10.6. The van der Waals surface area contributed by atoms with Crippen molar-refractivity contribution < 1.29 is 14.3 Å². The standard InChI is InChI=1S/C17H15NO3S/c1-10-18-9-14(22-10)8-12-4-3-11-7-13(17(20)21-2)5-6-15(11)16(12)19/h5-9H,3-4H2,1-2H3/b12-8-. The number of methoxy groups -OCH3 is 1. The van der Waals surface area contributed by atoms with Gasteiger partial charge < -0.3 is 4.74 Å². The van der Waals surface area contributed by atoms with Crippen LogP contribution in [0, 0.1) is 6.92 Å². The predicted octanol–water partition coefficient (Wildman–Crippen LogP) is 3.45. The topological polar surface area (TPSA) is 56.3 Å². The maximum absolute atomic E-state index is 12.6. The summed E-state index contributed by atoms with van der Waals surface area (Å²) in [5, 5.41) is 0.984. The van der Waals surface area contributed by atoms with E-state index < -0.39 is 0 Å². The summed E-state index contributed by atoms with van der Waals surface area (Å²) >= 11 is 1.57. The van der Waals surface area contributed by atoms with Gasteiger partial charge in [0.05, 0.1) is 17.7 Å². The molecule has 1 aliphatic carbocycles. The minimum atomic E-state index is -0.378. The fourth-order valence-electron chi connectivity index (χ4n) is 2.58. The Labute approximate surface area is 132 Å². The lowest BCUT2D eigenvalue weighted by Gasteiger charge is -2.18. The van der Waals surface area contributed by atoms with Gasteiger partial charge in [0.2, 0.25) is 0 Å². The number of hydrogen-bond donors (Lipinski definition) is 0. The summed E-state index contributed by atoms with van der Waals surface area (Å²) in [6.07, 6.45) is 5.13. The lowest BCUT2D eigenvalue weighted by Crippen LogP contribution is -2.15. The molecule has 0 unspecified atom stereocenters. The van der Waals surface area contributed by atoms with Gasteiger partial charge in [0.1, 0.15) is 0 Å². The molecule has 1 heterocycles. The Hall–Kier alpha value is -2.27. The smallest absolute Gasteiger partial charge is 0.337 e. The van der Waals surface area contributed by atoms with Crippen molar-refractivity contribution in [3.63, 3.8) is 0 Å². The fraction of sp³-hybridized carbons (Fsp3) is 0.235. The van der Waals surface area contributed by atoms with Crippen molar-refractivity contribution in [2.75, 3.05) is 7.11 Å². The van der Waals surface area contributed by atoms with Crippen LogP contribution < -0.4 is 0 Å². The van der Waals surface area contributed by atoms with Gasteiger partial charge in [-0.1, -0.05) is 0 Å². The summed E-state index contributed by atoms with van der Waals surface area (Å²) in [6, 6.07) is 5.11. The van der Waals surface area contributed by atoms with Gasteiger partial charge in [-0.05, 0) is 49.6 Å². The Bertz CT molecular complexity index is 789. The number of carbonyl (C=O) groups excluding carboxylic acids is 2. The Morgan fingerprint density at radius 1 is 1.36 bits per heavy atom. The van der Waals surface area contributed by atoms with E-state index in [1.807, 2.05) is 13.0 Å². The highest BCUT2D eigenvalue weighted by molar-refractivity contribution is 7.12. The van der Waals surface area contributed by atoms with E-state index in [0.29, 0.717) is 17.5 Å². The number of esters is 1. The van der Waals surface area contributed by atoms with Crippen molar-refractivity contribution >= 4 is 29.2 Å². The summed E-state index contributed by atoms with van der Waals surface area (Å²) in [4.78, 5) is 29.3. The number of hydrogen-bond acceptors (Lipinski definition) is 5. The zero-order valence-corrected chi connectivity index (χ0v) is 13.2. The first kappa shape index (κ1) is 14.7. The molecule has 1 aliphatic rings. The molecule has 0 N–H and O–H groups in total. The van der Waals surface area contributed by atoms with Gasteiger partial charge in [0, 0.05) is 22.2 Å². The van der Waals surface area contributed by atoms with Gasteiger partial charge >= 0.3 is 5.97 Å². The molecule has 1 aromatic carbocycles. The summed E-state index contributed by atoms with van der Waals surface area (Å²) < 4.78 is 4.72. The molecule has 0 radical (unpaired) electrons. The number of Topliss-reactive ketones (excluding diaryl/α,β-unsaturated/α-hetero) is 1. The van der Waals surface area contributed by atoms with Crippen molar-refractivity contribution in [2.45, 2.75) is 19.8 Å². The predicted molar refractivity (Wildman–Crippen MR) is 85.3 cm³/mol. The first-order valence-electron chi connectivity index (χ1n) is 6.97. The second kappa shape index (κ2) is 5.85. The molecule has 0 saturated carbocycles. The molecule has 0 bridgehead atoms. The van der Waals surface area contributed by atoms with E-state index in [2.05, 4.69) is 4.98 Å². The average molecular weight is 313 g/mol. The number of aromatic nitrogens is 1. The number of aryl methyl sites for hydroxylation is 2. The quantitative estimate of drug-likeness (QED) is 0.629. The number of ether oxygens (including phenoxy) is 1. The Morgan fingerprint density at radius 3 is 2.86 bits per heavy atom. The van der Waals surface area contributed by atoms with Gasteiger partial charge in [-0.2, -0.15) is 0 Å². The van der Waals surface area contributed by atoms with Crippen molar-refractivity contribution in [1.29, 1.82) is 0 Å². The number of carbonyl (C=O) groups is 2. The largest absolute Gasteiger partial charge is 0.465 e. The summed E-state index contributed by atoms with van der Waals surface area (Å²) in [6.45, 7) is 1.94. The van der Waals surface area contributed by atoms with Crippen LogP contribution in [-0.2, 0) is 11.2 Å². The van der Waals surface area contributed by atoms with Crippen molar-refractivity contribution in [3.8, 4) is 0 Å². The molecule has 4 nitrogen and oxygen atoms in total. The van der Waals surface area contributed by atoms with Crippen LogP contribution in [0.15, 0.2) is 30.0 Å². The summed E-state index contributed by atoms with van der Waals surface area (Å²) in [7, 11) is 1.35. The van der Waals surface area contributed by atoms with Gasteiger partial charge in [0.25, 0.3) is 0 Å². The Balaban J connectivity index is 1.93. The molecule has 0 amide bonds. The monoisotopic (exact) mass is 313 g/mol. The van der Waals surface area contributed by atoms with Crippen LogP contribution in [0.3, 0.4) is 0 Å². The summed E-state index contributed by atoms with van der Waals surface area (Å²) in [5.41, 5.74) is 2.86. The second-order valence-corrected chi connectivity index (χ2v) is 6.41. The van der Waals surface area contributed by atoms with Crippen LogP contribution in [0.2, 0.25) is 0 Å². The molecule has 0 atom stereocenters. The molecule has 3 rings (SSSR count). The van der Waals surface area contributed by atoms with E-state index in [0.717, 1.165) is 27.4 Å².